The van der Waals surface area contributed by atoms with Crippen molar-refractivity contribution in [1.82, 2.24) is 0 Å². The quantitative estimate of drug-likeness (QED) is 0.284. The Balaban J connectivity index is 0. The zero-order valence-electron chi connectivity index (χ0n) is 9.01. The van der Waals surface area contributed by atoms with Crippen LogP contribution in [0, 0.1) is 10.1 Å². The summed E-state index contributed by atoms with van der Waals surface area (Å²) in [5.74, 6) is 0. The molecule has 0 aliphatic rings. The third-order valence-electron chi connectivity index (χ3n) is 1.93. The Kier molecular flexibility index (Phi) is 10.9. The van der Waals surface area contributed by atoms with Crippen molar-refractivity contribution in [2.24, 2.45) is 0 Å². The molecule has 6 nitrogen and oxygen atoms in total. The van der Waals surface area contributed by atoms with Crippen LogP contribution in [0.1, 0.15) is 46.0 Å². The van der Waals surface area contributed by atoms with Gasteiger partial charge in [0, 0.05) is 0 Å². The van der Waals surface area contributed by atoms with Gasteiger partial charge in [0.15, 0.2) is 4.33 Å². The fourth-order valence-corrected chi connectivity index (χ4v) is 1.73. The molecule has 8 heteroatoms. The molecule has 0 N–H and O–H groups in total. The van der Waals surface area contributed by atoms with E-state index in [0.29, 0.717) is 6.42 Å². The zero-order valence-corrected chi connectivity index (χ0v) is 9.83. The first-order valence-corrected chi connectivity index (χ1v) is 6.34. The van der Waals surface area contributed by atoms with Gasteiger partial charge in [-0.15, -0.1) is 8.42 Å². The molecule has 0 amide bonds. The molecule has 0 aromatic carbocycles. The number of unbranched alkanes of at least 4 members (excludes halogenated alkanes) is 3. The number of nitro groups is 1. The summed E-state index contributed by atoms with van der Waals surface area (Å²) in [5, 5.41) is 10.0. The molecule has 0 heterocycles. The first kappa shape index (κ1) is 18.7. The molecule has 16 heavy (non-hydrogen) atoms. The molecule has 0 aliphatic heterocycles. The molecule has 0 aromatic heterocycles. The van der Waals surface area contributed by atoms with Crippen molar-refractivity contribution in [2.75, 3.05) is 0 Å². The summed E-state index contributed by atoms with van der Waals surface area (Å²) in [5.41, 5.74) is 0. The first-order valence-electron chi connectivity index (χ1n) is 4.98. The van der Waals surface area contributed by atoms with E-state index in [1.54, 1.807) is 0 Å². The van der Waals surface area contributed by atoms with Crippen LogP contribution in [-0.2, 0) is 14.5 Å². The van der Waals surface area contributed by atoms with Crippen molar-refractivity contribution in [1.29, 1.82) is 0 Å². The van der Waals surface area contributed by atoms with Crippen LogP contribution in [0.2, 0.25) is 0 Å². The van der Waals surface area contributed by atoms with E-state index in [2.05, 4.69) is 11.1 Å². The number of hydrogen-bond donors (Lipinski definition) is 0. The average molecular weight is 263 g/mol. The topological polar surface area (TPSA) is 86.5 Å². The Labute approximate surface area is 118 Å². The molecule has 1 unspecified atom stereocenters. The van der Waals surface area contributed by atoms with E-state index in [1.165, 1.54) is 6.92 Å². The third kappa shape index (κ3) is 8.46. The number of hydrogen-bond acceptors (Lipinski definition) is 5. The van der Waals surface area contributed by atoms with Gasteiger partial charge in [-0.05, 0) is 13.3 Å². The summed E-state index contributed by atoms with van der Waals surface area (Å²) in [4.78, 5) is 10.0. The minimum atomic E-state index is -4.62. The van der Waals surface area contributed by atoms with Gasteiger partial charge >= 0.3 is 39.9 Å². The van der Waals surface area contributed by atoms with Gasteiger partial charge in [-0.2, -0.15) is 0 Å². The normalized spacial score (nSPS) is 12.9. The van der Waals surface area contributed by atoms with E-state index >= 15 is 0 Å². The predicted molar refractivity (Wildman–Crippen MR) is 62.4 cm³/mol. The summed E-state index contributed by atoms with van der Waals surface area (Å²) < 4.78 is 24.4. The molecule has 0 fully saturated rings. The summed E-state index contributed by atoms with van der Waals surface area (Å²) in [7, 11) is -4.62. The molecule has 0 aromatic rings. The molecular formula is C8H18NNaO5S. The molecule has 0 radical (unpaired) electrons. The Hall–Kier alpha value is 0.310. The van der Waals surface area contributed by atoms with E-state index in [1.807, 2.05) is 0 Å². The standard InChI is InChI=1S/C8H17NO5S.Na.H/c1-3-4-5-6-7-8(2)14-15(12,13)9(10)11;;/h8H,3-7H2,1-2H3;;. The van der Waals surface area contributed by atoms with Crippen LogP contribution in [0.4, 0.5) is 0 Å². The molecule has 0 aliphatic carbocycles. The summed E-state index contributed by atoms with van der Waals surface area (Å²) in [6.45, 7) is 3.59. The van der Waals surface area contributed by atoms with Crippen LogP contribution in [0.5, 0.6) is 0 Å². The monoisotopic (exact) mass is 263 g/mol. The molecule has 0 bridgehead atoms. The van der Waals surface area contributed by atoms with E-state index < -0.39 is 20.7 Å². The van der Waals surface area contributed by atoms with Gasteiger partial charge in [-0.1, -0.05) is 32.6 Å². The zero-order chi connectivity index (χ0) is 11.9. The maximum absolute atomic E-state index is 10.7. The van der Waals surface area contributed by atoms with Crippen molar-refractivity contribution in [2.45, 2.75) is 52.1 Å². The molecule has 0 rings (SSSR count). The van der Waals surface area contributed by atoms with Gasteiger partial charge < -0.3 is 0 Å². The fourth-order valence-electron chi connectivity index (χ4n) is 1.15. The number of rotatable bonds is 8. The van der Waals surface area contributed by atoms with Gasteiger partial charge in [-0.3, -0.25) is 0 Å². The average Bonchev–Trinajstić information content (AvgIpc) is 2.11. The first-order chi connectivity index (χ1) is 6.90. The molecule has 0 saturated heterocycles. The van der Waals surface area contributed by atoms with E-state index in [9.17, 15) is 18.5 Å². The van der Waals surface area contributed by atoms with E-state index in [4.69, 9.17) is 0 Å². The fraction of sp³-hybridized carbons (Fsp3) is 1.00. The van der Waals surface area contributed by atoms with E-state index in [-0.39, 0.29) is 29.6 Å². The molecule has 0 spiro atoms. The second-order valence-corrected chi connectivity index (χ2v) is 4.75. The summed E-state index contributed by atoms with van der Waals surface area (Å²) >= 11 is 0. The Morgan fingerprint density at radius 3 is 2.31 bits per heavy atom. The van der Waals surface area contributed by atoms with Crippen LogP contribution in [0.25, 0.3) is 0 Å². The van der Waals surface area contributed by atoms with Crippen molar-refractivity contribution in [3.8, 4) is 0 Å². The van der Waals surface area contributed by atoms with Crippen LogP contribution in [0.15, 0.2) is 0 Å². The SMILES string of the molecule is CCCCCCC(C)OS(=O)(=O)[N+](=O)[O-].[NaH]. The minimum absolute atomic E-state index is 0. The summed E-state index contributed by atoms with van der Waals surface area (Å²) in [6.07, 6.45) is 3.87. The van der Waals surface area contributed by atoms with Gasteiger partial charge in [0.1, 0.15) is 0 Å². The Morgan fingerprint density at radius 1 is 1.31 bits per heavy atom. The second kappa shape index (κ2) is 9.35. The van der Waals surface area contributed by atoms with Crippen molar-refractivity contribution < 1.29 is 16.9 Å². The predicted octanol–water partition coefficient (Wildman–Crippen LogP) is 1.23. The Bertz CT molecular complexity index is 293. The van der Waals surface area contributed by atoms with Crippen LogP contribution < -0.4 is 0 Å². The van der Waals surface area contributed by atoms with Gasteiger partial charge in [0.25, 0.3) is 0 Å². The third-order valence-corrected chi connectivity index (χ3v) is 2.87. The van der Waals surface area contributed by atoms with Crippen molar-refractivity contribution >= 4 is 39.9 Å². The van der Waals surface area contributed by atoms with Crippen molar-refractivity contribution in [3.05, 3.63) is 10.1 Å². The van der Waals surface area contributed by atoms with Crippen LogP contribution in [-0.4, -0.2) is 48.4 Å². The Morgan fingerprint density at radius 2 is 1.88 bits per heavy atom. The van der Waals surface area contributed by atoms with Gasteiger partial charge in [0.05, 0.1) is 6.10 Å². The maximum atomic E-state index is 10.7. The van der Waals surface area contributed by atoms with Crippen LogP contribution in [0.3, 0.4) is 0 Å². The molecule has 92 valence electrons. The van der Waals surface area contributed by atoms with E-state index in [0.717, 1.165) is 25.7 Å². The summed E-state index contributed by atoms with van der Waals surface area (Å²) in [6, 6.07) is 0. The number of nitrogens with zero attached hydrogens (tertiary/aromatic N) is 1. The second-order valence-electron chi connectivity index (χ2n) is 3.41. The molecule has 0 saturated carbocycles. The molecular weight excluding hydrogens is 245 g/mol. The van der Waals surface area contributed by atoms with Gasteiger partial charge in [-0.25, -0.2) is 14.3 Å². The van der Waals surface area contributed by atoms with Crippen LogP contribution >= 0.6 is 0 Å². The molecule has 1 atom stereocenters. The van der Waals surface area contributed by atoms with Crippen molar-refractivity contribution in [3.63, 3.8) is 0 Å². The van der Waals surface area contributed by atoms with Gasteiger partial charge in [0.2, 0.25) is 0 Å².